The van der Waals surface area contributed by atoms with Crippen molar-refractivity contribution in [1.82, 2.24) is 15.6 Å². The molecule has 1 aromatic carbocycles. The Hall–Kier alpha value is -3.85. The molecule has 0 unspecified atom stereocenters. The molecular weight excluding hydrogens is 496 g/mol. The minimum absolute atomic E-state index is 0.121. The first-order valence-corrected chi connectivity index (χ1v) is 13.3. The summed E-state index contributed by atoms with van der Waals surface area (Å²) < 4.78 is 10.9. The van der Waals surface area contributed by atoms with Gasteiger partial charge >= 0.3 is 0 Å². The molecule has 9 heteroatoms. The van der Waals surface area contributed by atoms with Gasteiger partial charge in [0.1, 0.15) is 18.2 Å². The number of rotatable bonds is 18. The maximum atomic E-state index is 13.4. The Kier molecular flexibility index (Phi) is 13.6. The minimum atomic E-state index is -0.985. The Morgan fingerprint density at radius 3 is 2.67 bits per heavy atom. The summed E-state index contributed by atoms with van der Waals surface area (Å²) in [5, 5.41) is 20.2. The molecule has 0 spiro atoms. The summed E-state index contributed by atoms with van der Waals surface area (Å²) in [6.07, 6.45) is 4.73. The topological polar surface area (TPSA) is 122 Å². The zero-order valence-corrected chi connectivity index (χ0v) is 23.2. The van der Waals surface area contributed by atoms with Crippen LogP contribution in [0.4, 0.5) is 5.82 Å². The molecule has 212 valence electrons. The van der Waals surface area contributed by atoms with Gasteiger partial charge in [-0.1, -0.05) is 51.1 Å². The van der Waals surface area contributed by atoms with Gasteiger partial charge in [0.2, 0.25) is 11.8 Å². The minimum Gasteiger partial charge on any atom is -0.490 e. The molecule has 2 rings (SSSR count). The lowest BCUT2D eigenvalue weighted by molar-refractivity contribution is -0.125. The fraction of sp³-hybridized carbons (Fsp3) is 0.433. The number of aliphatic hydroxyl groups is 1. The van der Waals surface area contributed by atoms with Gasteiger partial charge in [-0.3, -0.25) is 9.59 Å². The van der Waals surface area contributed by atoms with Gasteiger partial charge in [-0.15, -0.1) is 6.58 Å². The van der Waals surface area contributed by atoms with Gasteiger partial charge in [0.15, 0.2) is 0 Å². The van der Waals surface area contributed by atoms with E-state index in [2.05, 4.69) is 41.0 Å². The van der Waals surface area contributed by atoms with Crippen molar-refractivity contribution in [2.75, 3.05) is 32.1 Å². The van der Waals surface area contributed by atoms with E-state index >= 15 is 0 Å². The van der Waals surface area contributed by atoms with Crippen molar-refractivity contribution >= 4 is 17.6 Å². The summed E-state index contributed by atoms with van der Waals surface area (Å²) in [6, 6.07) is 9.92. The Morgan fingerprint density at radius 2 is 1.97 bits per heavy atom. The number of hydrogen-bond donors (Lipinski definition) is 4. The van der Waals surface area contributed by atoms with Gasteiger partial charge < -0.3 is 30.5 Å². The molecule has 3 atom stereocenters. The van der Waals surface area contributed by atoms with Crippen LogP contribution in [0, 0.1) is 5.92 Å². The maximum absolute atomic E-state index is 13.4. The van der Waals surface area contributed by atoms with Crippen LogP contribution in [0.3, 0.4) is 0 Å². The van der Waals surface area contributed by atoms with Crippen molar-refractivity contribution in [3.8, 4) is 11.6 Å². The summed E-state index contributed by atoms with van der Waals surface area (Å²) in [6.45, 7) is 12.6. The van der Waals surface area contributed by atoms with Crippen LogP contribution in [0.2, 0.25) is 0 Å². The van der Waals surface area contributed by atoms with Gasteiger partial charge in [-0.2, -0.15) is 4.98 Å². The number of carbonyl (C=O) groups excluding carboxylic acids is 2. The summed E-state index contributed by atoms with van der Waals surface area (Å²) in [7, 11) is 1.47. The number of nitrogens with one attached hydrogen (secondary N) is 3. The number of ether oxygens (including phenoxy) is 2. The number of benzene rings is 1. The second-order valence-corrected chi connectivity index (χ2v) is 9.33. The number of aromatic nitrogens is 1. The lowest BCUT2D eigenvalue weighted by atomic mass is 9.93. The standard InChI is InChI=1S/C30H42N4O5/c1-6-9-14-32-29(36)21(4)16-26(35)25(18-22-11-10-12-24(17-22)39-15-8-3)33-30(37)23-19-27(31-13-7-2)34-28(20-23)38-5/h7-8,10-12,17,19-21,25-26,35H,2-3,6,9,13-16,18H2,1,4-5H3,(H,31,34)(H,32,36)(H,33,37)/t21-,25-,26+/m0/s1. The average Bonchev–Trinajstić information content (AvgIpc) is 2.94. The van der Waals surface area contributed by atoms with E-state index in [9.17, 15) is 14.7 Å². The predicted octanol–water partition coefficient (Wildman–Crippen LogP) is 3.90. The highest BCUT2D eigenvalue weighted by Crippen LogP contribution is 2.20. The highest BCUT2D eigenvalue weighted by atomic mass is 16.5. The van der Waals surface area contributed by atoms with Gasteiger partial charge in [-0.05, 0) is 43.0 Å². The van der Waals surface area contributed by atoms with Crippen molar-refractivity contribution in [2.45, 2.75) is 51.7 Å². The lowest BCUT2D eigenvalue weighted by Gasteiger charge is -2.26. The third-order valence-corrected chi connectivity index (χ3v) is 6.08. The van der Waals surface area contributed by atoms with Crippen LogP contribution in [0.25, 0.3) is 0 Å². The second-order valence-electron chi connectivity index (χ2n) is 9.33. The molecule has 0 fully saturated rings. The Balaban J connectivity index is 2.27. The van der Waals surface area contributed by atoms with Gasteiger partial charge in [-0.25, -0.2) is 0 Å². The van der Waals surface area contributed by atoms with Crippen LogP contribution in [0.1, 0.15) is 49.0 Å². The monoisotopic (exact) mass is 538 g/mol. The molecule has 1 heterocycles. The van der Waals surface area contributed by atoms with E-state index in [1.807, 2.05) is 24.3 Å². The Bertz CT molecular complexity index is 1090. The van der Waals surface area contributed by atoms with Crippen LogP contribution in [0.15, 0.2) is 61.7 Å². The number of anilines is 1. The van der Waals surface area contributed by atoms with E-state index in [0.29, 0.717) is 43.2 Å². The van der Waals surface area contributed by atoms with E-state index in [-0.39, 0.29) is 18.2 Å². The molecule has 0 aliphatic rings. The van der Waals surface area contributed by atoms with Crippen molar-refractivity contribution in [3.05, 3.63) is 72.8 Å². The van der Waals surface area contributed by atoms with Gasteiger partial charge in [0.25, 0.3) is 5.91 Å². The molecule has 0 aliphatic heterocycles. The highest BCUT2D eigenvalue weighted by molar-refractivity contribution is 5.95. The van der Waals surface area contributed by atoms with Crippen molar-refractivity contribution in [3.63, 3.8) is 0 Å². The first kappa shape index (κ1) is 31.4. The molecule has 4 N–H and O–H groups in total. The predicted molar refractivity (Wildman–Crippen MR) is 154 cm³/mol. The third kappa shape index (κ3) is 10.8. The van der Waals surface area contributed by atoms with E-state index in [4.69, 9.17) is 9.47 Å². The first-order chi connectivity index (χ1) is 18.8. The van der Waals surface area contributed by atoms with Gasteiger partial charge in [0, 0.05) is 30.6 Å². The Labute approximate surface area is 231 Å². The summed E-state index contributed by atoms with van der Waals surface area (Å²) in [5.41, 5.74) is 1.18. The van der Waals surface area contributed by atoms with Crippen LogP contribution >= 0.6 is 0 Å². The van der Waals surface area contributed by atoms with E-state index in [1.165, 1.54) is 13.2 Å². The smallest absolute Gasteiger partial charge is 0.251 e. The van der Waals surface area contributed by atoms with Crippen molar-refractivity contribution < 1.29 is 24.2 Å². The highest BCUT2D eigenvalue weighted by Gasteiger charge is 2.27. The lowest BCUT2D eigenvalue weighted by Crippen LogP contribution is -2.46. The van der Waals surface area contributed by atoms with Crippen LogP contribution in [0.5, 0.6) is 11.6 Å². The molecule has 2 amide bonds. The number of unbranched alkanes of at least 4 members (excludes halogenated alkanes) is 1. The van der Waals surface area contributed by atoms with Crippen LogP contribution in [-0.4, -0.2) is 60.9 Å². The normalized spacial score (nSPS) is 12.9. The SMILES string of the molecule is C=CCNc1cc(C(=O)N[C@@H](Cc2cccc(OCC=C)c2)[C@H](O)C[C@H](C)C(=O)NCCCC)cc(OC)n1. The molecule has 1 aromatic heterocycles. The molecule has 0 saturated heterocycles. The number of nitrogens with zero attached hydrogens (tertiary/aromatic N) is 1. The summed E-state index contributed by atoms with van der Waals surface area (Å²) in [4.78, 5) is 30.2. The van der Waals surface area contributed by atoms with E-state index < -0.39 is 24.0 Å². The first-order valence-electron chi connectivity index (χ1n) is 13.3. The zero-order valence-electron chi connectivity index (χ0n) is 23.2. The Morgan fingerprint density at radius 1 is 1.18 bits per heavy atom. The summed E-state index contributed by atoms with van der Waals surface area (Å²) in [5.74, 6) is 0.433. The fourth-order valence-corrected chi connectivity index (χ4v) is 3.91. The number of methoxy groups -OCH3 is 1. The number of aliphatic hydroxyl groups excluding tert-OH is 1. The number of carbonyl (C=O) groups is 2. The zero-order chi connectivity index (χ0) is 28.6. The molecule has 0 aliphatic carbocycles. The molecule has 0 saturated carbocycles. The van der Waals surface area contributed by atoms with E-state index in [0.717, 1.165) is 18.4 Å². The fourth-order valence-electron chi connectivity index (χ4n) is 3.91. The second kappa shape index (κ2) is 16.9. The van der Waals surface area contributed by atoms with E-state index in [1.54, 1.807) is 25.1 Å². The molecule has 0 radical (unpaired) electrons. The maximum Gasteiger partial charge on any atom is 0.251 e. The van der Waals surface area contributed by atoms with Crippen LogP contribution < -0.4 is 25.4 Å². The van der Waals surface area contributed by atoms with Gasteiger partial charge in [0.05, 0.1) is 19.3 Å². The summed E-state index contributed by atoms with van der Waals surface area (Å²) >= 11 is 0. The molecule has 2 aromatic rings. The van der Waals surface area contributed by atoms with Crippen molar-refractivity contribution in [2.24, 2.45) is 5.92 Å². The van der Waals surface area contributed by atoms with Crippen LogP contribution in [-0.2, 0) is 11.2 Å². The quantitative estimate of drug-likeness (QED) is 0.168. The molecule has 9 nitrogen and oxygen atoms in total. The van der Waals surface area contributed by atoms with Crippen molar-refractivity contribution in [1.29, 1.82) is 0 Å². The molecule has 0 bridgehead atoms. The molecular formula is C30H42N4O5. The average molecular weight is 539 g/mol. The number of amides is 2. The third-order valence-electron chi connectivity index (χ3n) is 6.08. The largest absolute Gasteiger partial charge is 0.490 e. The number of hydrogen-bond acceptors (Lipinski definition) is 7. The molecule has 39 heavy (non-hydrogen) atoms. The number of pyridine rings is 1.